The van der Waals surface area contributed by atoms with Crippen molar-refractivity contribution in [3.05, 3.63) is 21.6 Å². The quantitative estimate of drug-likeness (QED) is 0.713. The number of fused-ring (bicyclic) bond motifs is 1. The molecule has 0 N–H and O–H groups in total. The minimum Gasteiger partial charge on any atom is -0.490 e. The van der Waals surface area contributed by atoms with Gasteiger partial charge in [0.05, 0.1) is 17.3 Å². The highest BCUT2D eigenvalue weighted by Crippen LogP contribution is 2.41. The van der Waals surface area contributed by atoms with Crippen molar-refractivity contribution >= 4 is 33.2 Å². The number of ether oxygens (including phenoxy) is 1. The molecule has 0 bridgehead atoms. The SMILES string of the molecule is CN1CCOc2ccc(Br)c(Cl)c21. The van der Waals surface area contributed by atoms with E-state index in [4.69, 9.17) is 16.3 Å². The van der Waals surface area contributed by atoms with E-state index in [1.54, 1.807) is 0 Å². The molecule has 70 valence electrons. The normalized spacial score (nSPS) is 15.2. The van der Waals surface area contributed by atoms with E-state index >= 15 is 0 Å². The zero-order valence-corrected chi connectivity index (χ0v) is 9.52. The molecule has 0 aromatic heterocycles. The predicted octanol–water partition coefficient (Wildman–Crippen LogP) is 2.93. The highest BCUT2D eigenvalue weighted by atomic mass is 79.9. The summed E-state index contributed by atoms with van der Waals surface area (Å²) in [5, 5.41) is 0.722. The Morgan fingerprint density at radius 1 is 1.54 bits per heavy atom. The van der Waals surface area contributed by atoms with Crippen LogP contribution in [0.3, 0.4) is 0 Å². The molecule has 1 aromatic rings. The lowest BCUT2D eigenvalue weighted by molar-refractivity contribution is 0.311. The number of likely N-dealkylation sites (N-methyl/N-ethyl adjacent to an activating group) is 1. The topological polar surface area (TPSA) is 12.5 Å². The van der Waals surface area contributed by atoms with E-state index in [1.165, 1.54) is 0 Å². The molecule has 4 heteroatoms. The molecule has 0 radical (unpaired) electrons. The molecule has 0 amide bonds. The first-order chi connectivity index (χ1) is 6.20. The Bertz CT molecular complexity index is 343. The maximum atomic E-state index is 6.14. The molecule has 1 aliphatic heterocycles. The fourth-order valence-electron chi connectivity index (χ4n) is 1.40. The van der Waals surface area contributed by atoms with Gasteiger partial charge in [-0.3, -0.25) is 0 Å². The van der Waals surface area contributed by atoms with E-state index in [-0.39, 0.29) is 0 Å². The molecule has 13 heavy (non-hydrogen) atoms. The highest BCUT2D eigenvalue weighted by Gasteiger charge is 2.19. The van der Waals surface area contributed by atoms with Crippen LogP contribution < -0.4 is 9.64 Å². The van der Waals surface area contributed by atoms with Crippen LogP contribution in [-0.2, 0) is 0 Å². The van der Waals surface area contributed by atoms with Gasteiger partial charge >= 0.3 is 0 Å². The van der Waals surface area contributed by atoms with E-state index in [0.29, 0.717) is 0 Å². The number of hydrogen-bond acceptors (Lipinski definition) is 2. The summed E-state index contributed by atoms with van der Waals surface area (Å²) in [5.74, 6) is 0.863. The Balaban J connectivity index is 2.58. The largest absolute Gasteiger partial charge is 0.490 e. The Kier molecular flexibility index (Phi) is 2.39. The summed E-state index contributed by atoms with van der Waals surface area (Å²) < 4.78 is 6.39. The van der Waals surface area contributed by atoms with Crippen molar-refractivity contribution in [2.24, 2.45) is 0 Å². The average Bonchev–Trinajstić information content (AvgIpc) is 2.12. The first-order valence-corrected chi connectivity index (χ1v) is 5.19. The molecule has 1 heterocycles. The van der Waals surface area contributed by atoms with Crippen molar-refractivity contribution < 1.29 is 4.74 Å². The van der Waals surface area contributed by atoms with Crippen LogP contribution in [0.15, 0.2) is 16.6 Å². The second kappa shape index (κ2) is 3.39. The first kappa shape index (κ1) is 9.16. The maximum absolute atomic E-state index is 6.14. The summed E-state index contributed by atoms with van der Waals surface area (Å²) in [6, 6.07) is 3.83. The second-order valence-corrected chi connectivity index (χ2v) is 4.21. The third kappa shape index (κ3) is 1.51. The van der Waals surface area contributed by atoms with Gasteiger partial charge in [0.2, 0.25) is 0 Å². The van der Waals surface area contributed by atoms with Gasteiger partial charge < -0.3 is 9.64 Å². The van der Waals surface area contributed by atoms with Crippen LogP contribution in [0.4, 0.5) is 5.69 Å². The number of halogens is 2. The molecule has 0 saturated heterocycles. The lowest BCUT2D eigenvalue weighted by Gasteiger charge is -2.28. The minimum absolute atomic E-state index is 0.722. The third-order valence-corrected chi connectivity index (χ3v) is 3.37. The van der Waals surface area contributed by atoms with Gasteiger partial charge in [-0.25, -0.2) is 0 Å². The first-order valence-electron chi connectivity index (χ1n) is 4.02. The van der Waals surface area contributed by atoms with Crippen LogP contribution in [0.1, 0.15) is 0 Å². The van der Waals surface area contributed by atoms with Crippen LogP contribution in [0.25, 0.3) is 0 Å². The van der Waals surface area contributed by atoms with Gasteiger partial charge in [-0.1, -0.05) is 11.6 Å². The summed E-state index contributed by atoms with van der Waals surface area (Å²) in [6.07, 6.45) is 0. The van der Waals surface area contributed by atoms with Crippen molar-refractivity contribution in [2.45, 2.75) is 0 Å². The Hall–Kier alpha value is -0.410. The maximum Gasteiger partial charge on any atom is 0.144 e. The van der Waals surface area contributed by atoms with Crippen LogP contribution in [-0.4, -0.2) is 20.2 Å². The van der Waals surface area contributed by atoms with E-state index in [2.05, 4.69) is 20.8 Å². The molecule has 1 aliphatic rings. The number of benzene rings is 1. The Morgan fingerprint density at radius 3 is 3.08 bits per heavy atom. The average molecular weight is 263 g/mol. The number of hydrogen-bond donors (Lipinski definition) is 0. The monoisotopic (exact) mass is 261 g/mol. The standard InChI is InChI=1S/C9H9BrClNO/c1-12-4-5-13-7-3-2-6(10)8(11)9(7)12/h2-3H,4-5H2,1H3. The van der Waals surface area contributed by atoms with Crippen molar-refractivity contribution in [1.29, 1.82) is 0 Å². The molecular formula is C9H9BrClNO. The van der Waals surface area contributed by atoms with Crippen LogP contribution in [0.2, 0.25) is 5.02 Å². The Labute approximate surface area is 90.6 Å². The zero-order chi connectivity index (χ0) is 9.42. The van der Waals surface area contributed by atoms with Crippen LogP contribution in [0, 0.1) is 0 Å². The van der Waals surface area contributed by atoms with Gasteiger partial charge in [-0.2, -0.15) is 0 Å². The molecule has 2 rings (SSSR count). The molecule has 0 fully saturated rings. The molecule has 0 unspecified atom stereocenters. The number of nitrogens with zero attached hydrogens (tertiary/aromatic N) is 1. The van der Waals surface area contributed by atoms with E-state index in [0.717, 1.165) is 34.1 Å². The van der Waals surface area contributed by atoms with Crippen molar-refractivity contribution in [3.63, 3.8) is 0 Å². The summed E-state index contributed by atoms with van der Waals surface area (Å²) in [6.45, 7) is 1.60. The minimum atomic E-state index is 0.722. The van der Waals surface area contributed by atoms with Crippen LogP contribution in [0.5, 0.6) is 5.75 Å². The van der Waals surface area contributed by atoms with Crippen molar-refractivity contribution in [1.82, 2.24) is 0 Å². The molecular weight excluding hydrogens is 253 g/mol. The molecule has 1 aromatic carbocycles. The summed E-state index contributed by atoms with van der Waals surface area (Å²) in [7, 11) is 2.01. The van der Waals surface area contributed by atoms with E-state index in [9.17, 15) is 0 Å². The lowest BCUT2D eigenvalue weighted by atomic mass is 10.2. The lowest BCUT2D eigenvalue weighted by Crippen LogP contribution is -2.29. The highest BCUT2D eigenvalue weighted by molar-refractivity contribution is 9.10. The van der Waals surface area contributed by atoms with Gasteiger partial charge in [0.25, 0.3) is 0 Å². The van der Waals surface area contributed by atoms with Crippen molar-refractivity contribution in [2.75, 3.05) is 25.1 Å². The van der Waals surface area contributed by atoms with Gasteiger partial charge in [-0.15, -0.1) is 0 Å². The fourth-order valence-corrected chi connectivity index (χ4v) is 2.02. The molecule has 0 saturated carbocycles. The number of rotatable bonds is 0. The van der Waals surface area contributed by atoms with Gasteiger partial charge in [-0.05, 0) is 28.1 Å². The molecule has 0 spiro atoms. The molecule has 0 atom stereocenters. The van der Waals surface area contributed by atoms with Gasteiger partial charge in [0, 0.05) is 11.5 Å². The fraction of sp³-hybridized carbons (Fsp3) is 0.333. The molecule has 2 nitrogen and oxygen atoms in total. The predicted molar refractivity (Wildman–Crippen MR) is 57.9 cm³/mol. The van der Waals surface area contributed by atoms with E-state index in [1.807, 2.05) is 19.2 Å². The van der Waals surface area contributed by atoms with Crippen LogP contribution >= 0.6 is 27.5 Å². The second-order valence-electron chi connectivity index (χ2n) is 2.98. The summed E-state index contributed by atoms with van der Waals surface area (Å²) >= 11 is 9.53. The summed E-state index contributed by atoms with van der Waals surface area (Å²) in [4.78, 5) is 2.10. The number of anilines is 1. The smallest absolute Gasteiger partial charge is 0.144 e. The third-order valence-electron chi connectivity index (χ3n) is 2.10. The van der Waals surface area contributed by atoms with Gasteiger partial charge in [0.15, 0.2) is 0 Å². The van der Waals surface area contributed by atoms with E-state index < -0.39 is 0 Å². The summed E-state index contributed by atoms with van der Waals surface area (Å²) in [5.41, 5.74) is 0.974. The molecule has 0 aliphatic carbocycles. The zero-order valence-electron chi connectivity index (χ0n) is 7.18. The van der Waals surface area contributed by atoms with Crippen molar-refractivity contribution in [3.8, 4) is 5.75 Å². The van der Waals surface area contributed by atoms with Gasteiger partial charge in [0.1, 0.15) is 12.4 Å². The Morgan fingerprint density at radius 2 is 2.31 bits per heavy atom.